The van der Waals surface area contributed by atoms with E-state index < -0.39 is 5.82 Å². The fourth-order valence-corrected chi connectivity index (χ4v) is 2.75. The number of nitrogens with zero attached hydrogens (tertiary/aromatic N) is 3. The predicted molar refractivity (Wildman–Crippen MR) is 102 cm³/mol. The van der Waals surface area contributed by atoms with Gasteiger partial charge in [-0.1, -0.05) is 41.8 Å². The molecule has 0 atom stereocenters. The Labute approximate surface area is 160 Å². The number of imidazole rings is 1. The van der Waals surface area contributed by atoms with Crippen molar-refractivity contribution in [1.29, 1.82) is 0 Å². The van der Waals surface area contributed by atoms with Crippen LogP contribution in [0.25, 0.3) is 22.6 Å². The molecule has 130 valence electrons. The summed E-state index contributed by atoms with van der Waals surface area (Å²) in [5.41, 5.74) is 2.41. The van der Waals surface area contributed by atoms with Crippen molar-refractivity contribution < 1.29 is 4.39 Å². The van der Waals surface area contributed by atoms with E-state index in [4.69, 9.17) is 11.6 Å². The maximum absolute atomic E-state index is 14.0. The van der Waals surface area contributed by atoms with Crippen LogP contribution in [-0.2, 0) is 0 Å². The molecular formula is C21H12ClFN4. The zero-order valence-corrected chi connectivity index (χ0v) is 14.7. The third-order valence-corrected chi connectivity index (χ3v) is 4.13. The lowest BCUT2D eigenvalue weighted by atomic mass is 10.2. The molecule has 4 nitrogen and oxygen atoms in total. The van der Waals surface area contributed by atoms with Gasteiger partial charge in [0.1, 0.15) is 11.6 Å². The Morgan fingerprint density at radius 1 is 0.926 bits per heavy atom. The summed E-state index contributed by atoms with van der Waals surface area (Å²) in [5.74, 6) is 6.25. The van der Waals surface area contributed by atoms with E-state index in [2.05, 4.69) is 31.8 Å². The first kappa shape index (κ1) is 17.0. The van der Waals surface area contributed by atoms with Crippen LogP contribution in [-0.4, -0.2) is 19.9 Å². The maximum atomic E-state index is 14.0. The third kappa shape index (κ3) is 3.71. The molecule has 6 heteroatoms. The lowest BCUT2D eigenvalue weighted by Gasteiger charge is -2.01. The Kier molecular flexibility index (Phi) is 4.65. The predicted octanol–water partition coefficient (Wildman–Crippen LogP) is 4.73. The molecule has 0 aliphatic heterocycles. The molecule has 0 aliphatic carbocycles. The number of benzene rings is 2. The van der Waals surface area contributed by atoms with Gasteiger partial charge in [-0.3, -0.25) is 0 Å². The molecule has 4 rings (SSSR count). The van der Waals surface area contributed by atoms with Crippen LogP contribution >= 0.6 is 11.6 Å². The molecule has 0 unspecified atom stereocenters. The highest BCUT2D eigenvalue weighted by Crippen LogP contribution is 2.29. The fourth-order valence-electron chi connectivity index (χ4n) is 2.50. The molecule has 0 saturated heterocycles. The normalized spacial score (nSPS) is 10.3. The fraction of sp³-hybridized carbons (Fsp3) is 0. The van der Waals surface area contributed by atoms with Gasteiger partial charge in [0.05, 0.1) is 16.3 Å². The zero-order valence-electron chi connectivity index (χ0n) is 13.9. The van der Waals surface area contributed by atoms with Gasteiger partial charge >= 0.3 is 0 Å². The van der Waals surface area contributed by atoms with Crippen LogP contribution in [0, 0.1) is 17.7 Å². The lowest BCUT2D eigenvalue weighted by molar-refractivity contribution is 0.630. The molecule has 0 fully saturated rings. The minimum absolute atomic E-state index is 0.233. The molecule has 2 aromatic carbocycles. The third-order valence-electron chi connectivity index (χ3n) is 3.82. The molecule has 0 bridgehead atoms. The Balaban J connectivity index is 1.59. The minimum atomic E-state index is -0.439. The van der Waals surface area contributed by atoms with Crippen LogP contribution in [0.2, 0.25) is 5.02 Å². The van der Waals surface area contributed by atoms with Crippen LogP contribution in [0.5, 0.6) is 0 Å². The van der Waals surface area contributed by atoms with Gasteiger partial charge in [0.15, 0.2) is 0 Å². The Morgan fingerprint density at radius 3 is 2.44 bits per heavy atom. The number of rotatable bonds is 2. The van der Waals surface area contributed by atoms with E-state index in [1.807, 2.05) is 30.3 Å². The summed E-state index contributed by atoms with van der Waals surface area (Å²) in [7, 11) is 0. The number of hydrogen-bond donors (Lipinski definition) is 1. The quantitative estimate of drug-likeness (QED) is 0.516. The van der Waals surface area contributed by atoms with E-state index in [1.165, 1.54) is 6.07 Å². The summed E-state index contributed by atoms with van der Waals surface area (Å²) < 4.78 is 14.0. The number of H-pyrrole nitrogens is 1. The highest BCUT2D eigenvalue weighted by molar-refractivity contribution is 6.33. The zero-order chi connectivity index (χ0) is 18.6. The van der Waals surface area contributed by atoms with Gasteiger partial charge in [-0.05, 0) is 30.2 Å². The number of nitrogens with one attached hydrogen (secondary N) is 1. The van der Waals surface area contributed by atoms with Gasteiger partial charge in [-0.15, -0.1) is 0 Å². The van der Waals surface area contributed by atoms with E-state index in [0.29, 0.717) is 27.9 Å². The second kappa shape index (κ2) is 7.40. The maximum Gasteiger partial charge on any atom is 0.205 e. The summed E-state index contributed by atoms with van der Waals surface area (Å²) in [6, 6.07) is 14.1. The summed E-state index contributed by atoms with van der Waals surface area (Å²) in [4.78, 5) is 15.8. The summed E-state index contributed by atoms with van der Waals surface area (Å²) in [6.45, 7) is 0. The molecule has 2 heterocycles. The SMILES string of the molecule is Fc1cccc(Cl)c1-c1nc(-c2cnc(C#Cc3ccccc3)nc2)c[nH]1. The molecule has 0 radical (unpaired) electrons. The average Bonchev–Trinajstić information content (AvgIpc) is 3.17. The number of aromatic nitrogens is 4. The molecule has 27 heavy (non-hydrogen) atoms. The summed E-state index contributed by atoms with van der Waals surface area (Å²) >= 11 is 6.09. The second-order valence-electron chi connectivity index (χ2n) is 5.64. The molecular weight excluding hydrogens is 363 g/mol. The summed E-state index contributed by atoms with van der Waals surface area (Å²) in [6.07, 6.45) is 4.92. The van der Waals surface area contributed by atoms with E-state index in [0.717, 1.165) is 5.56 Å². The monoisotopic (exact) mass is 374 g/mol. The first-order valence-electron chi connectivity index (χ1n) is 8.10. The van der Waals surface area contributed by atoms with Crippen molar-refractivity contribution in [2.45, 2.75) is 0 Å². The van der Waals surface area contributed by atoms with Crippen molar-refractivity contribution in [1.82, 2.24) is 19.9 Å². The van der Waals surface area contributed by atoms with Crippen LogP contribution in [0.3, 0.4) is 0 Å². The molecule has 4 aromatic rings. The van der Waals surface area contributed by atoms with Gasteiger partial charge in [-0.2, -0.15) is 0 Å². The van der Waals surface area contributed by atoms with E-state index in [-0.39, 0.29) is 5.56 Å². The molecule has 1 N–H and O–H groups in total. The summed E-state index contributed by atoms with van der Waals surface area (Å²) in [5, 5.41) is 0.290. The van der Waals surface area contributed by atoms with Crippen molar-refractivity contribution in [3.05, 3.63) is 89.3 Å². The molecule has 0 aliphatic rings. The van der Waals surface area contributed by atoms with E-state index >= 15 is 0 Å². The van der Waals surface area contributed by atoms with Gasteiger partial charge < -0.3 is 4.98 Å². The van der Waals surface area contributed by atoms with Crippen molar-refractivity contribution in [3.8, 4) is 34.5 Å². The molecule has 0 spiro atoms. The van der Waals surface area contributed by atoms with Crippen molar-refractivity contribution in [3.63, 3.8) is 0 Å². The standard InChI is InChI=1S/C21H12ClFN4/c22-16-7-4-8-17(23)20(16)21-26-13-18(27-21)15-11-24-19(25-12-15)10-9-14-5-2-1-3-6-14/h1-8,11-13H,(H,26,27). The Hall–Kier alpha value is -3.49. The van der Waals surface area contributed by atoms with E-state index in [1.54, 1.807) is 30.7 Å². The largest absolute Gasteiger partial charge is 0.344 e. The van der Waals surface area contributed by atoms with Crippen molar-refractivity contribution >= 4 is 11.6 Å². The second-order valence-corrected chi connectivity index (χ2v) is 6.05. The number of hydrogen-bond acceptors (Lipinski definition) is 3. The minimum Gasteiger partial charge on any atom is -0.344 e. The van der Waals surface area contributed by atoms with Gasteiger partial charge in [-0.25, -0.2) is 19.3 Å². The lowest BCUT2D eigenvalue weighted by Crippen LogP contribution is -1.90. The Morgan fingerprint density at radius 2 is 1.70 bits per heavy atom. The van der Waals surface area contributed by atoms with Gasteiger partial charge in [0.2, 0.25) is 5.82 Å². The highest BCUT2D eigenvalue weighted by Gasteiger charge is 2.14. The van der Waals surface area contributed by atoms with E-state index in [9.17, 15) is 4.39 Å². The molecule has 0 amide bonds. The van der Waals surface area contributed by atoms with Crippen LogP contribution in [0.15, 0.2) is 67.1 Å². The smallest absolute Gasteiger partial charge is 0.205 e. The molecule has 2 aromatic heterocycles. The van der Waals surface area contributed by atoms with Crippen LogP contribution < -0.4 is 0 Å². The number of halogens is 2. The van der Waals surface area contributed by atoms with Gasteiger partial charge in [0.25, 0.3) is 0 Å². The van der Waals surface area contributed by atoms with Crippen LogP contribution in [0.1, 0.15) is 11.4 Å². The first-order chi connectivity index (χ1) is 13.2. The Bertz CT molecular complexity index is 1120. The van der Waals surface area contributed by atoms with Crippen LogP contribution in [0.4, 0.5) is 4.39 Å². The van der Waals surface area contributed by atoms with Crippen molar-refractivity contribution in [2.75, 3.05) is 0 Å². The van der Waals surface area contributed by atoms with Crippen molar-refractivity contribution in [2.24, 2.45) is 0 Å². The average molecular weight is 375 g/mol. The van der Waals surface area contributed by atoms with Gasteiger partial charge in [0, 0.05) is 29.7 Å². The highest BCUT2D eigenvalue weighted by atomic mass is 35.5. The number of aromatic amines is 1. The molecule has 0 saturated carbocycles. The first-order valence-corrected chi connectivity index (χ1v) is 8.48. The topological polar surface area (TPSA) is 54.5 Å².